The second kappa shape index (κ2) is 9.25. The summed E-state index contributed by atoms with van der Waals surface area (Å²) >= 11 is 5.57. The van der Waals surface area contributed by atoms with Crippen LogP contribution in [0.25, 0.3) is 0 Å². The largest absolute Gasteiger partial charge is 0.435 e. The van der Waals surface area contributed by atoms with Crippen molar-refractivity contribution in [3.05, 3.63) is 88.2 Å². The van der Waals surface area contributed by atoms with Gasteiger partial charge in [-0.05, 0) is 29.3 Å². The summed E-state index contributed by atoms with van der Waals surface area (Å²) in [7, 11) is 0. The first-order chi connectivity index (χ1) is 18.2. The molecule has 3 heterocycles. The van der Waals surface area contributed by atoms with E-state index in [-0.39, 0.29) is 42.4 Å². The van der Waals surface area contributed by atoms with Gasteiger partial charge in [0.15, 0.2) is 5.67 Å². The number of amides is 1. The van der Waals surface area contributed by atoms with Gasteiger partial charge < -0.3 is 9.74 Å². The molecule has 1 saturated heterocycles. The van der Waals surface area contributed by atoms with Gasteiger partial charge in [-0.1, -0.05) is 47.1 Å². The molecule has 206 valence electrons. The van der Waals surface area contributed by atoms with Crippen molar-refractivity contribution in [2.75, 3.05) is 13.1 Å². The molecule has 2 aliphatic rings. The first kappa shape index (κ1) is 27.0. The van der Waals surface area contributed by atoms with Crippen LogP contribution >= 0.6 is 11.6 Å². The summed E-state index contributed by atoms with van der Waals surface area (Å²) in [5.41, 5.74) is -7.06. The molecule has 1 fully saturated rings. The van der Waals surface area contributed by atoms with Crippen molar-refractivity contribution in [3.63, 3.8) is 0 Å². The number of carbonyl (C=O) groups is 1. The van der Waals surface area contributed by atoms with Crippen LogP contribution in [0.15, 0.2) is 66.1 Å². The molecule has 39 heavy (non-hydrogen) atoms. The van der Waals surface area contributed by atoms with Crippen LogP contribution in [0.5, 0.6) is 0 Å². The number of rotatable bonds is 5. The normalized spacial score (nSPS) is 20.8. The Bertz CT molecular complexity index is 1420. The van der Waals surface area contributed by atoms with Gasteiger partial charge in [0.2, 0.25) is 5.91 Å². The fourth-order valence-electron chi connectivity index (χ4n) is 4.56. The van der Waals surface area contributed by atoms with Gasteiger partial charge in [-0.3, -0.25) is 9.48 Å². The summed E-state index contributed by atoms with van der Waals surface area (Å²) in [5, 5.41) is 6.72. The van der Waals surface area contributed by atoms with Crippen LogP contribution in [-0.4, -0.2) is 45.6 Å². The Morgan fingerprint density at radius 2 is 1.69 bits per heavy atom. The highest BCUT2D eigenvalue weighted by molar-refractivity contribution is 6.31. The van der Waals surface area contributed by atoms with Crippen LogP contribution in [0.1, 0.15) is 28.7 Å². The zero-order valence-electron chi connectivity index (χ0n) is 19.7. The molecule has 1 atom stereocenters. The van der Waals surface area contributed by atoms with E-state index >= 15 is 4.39 Å². The molecule has 14 heteroatoms. The zero-order chi connectivity index (χ0) is 28.2. The maximum atomic E-state index is 15.4. The molecule has 6 nitrogen and oxygen atoms in total. The molecule has 3 aromatic rings. The van der Waals surface area contributed by atoms with Crippen LogP contribution < -0.4 is 0 Å². The molecule has 1 unspecified atom stereocenters. The maximum absolute atomic E-state index is 15.4. The highest BCUT2D eigenvalue weighted by Gasteiger charge is 2.62. The first-order valence-electron chi connectivity index (χ1n) is 11.5. The van der Waals surface area contributed by atoms with Gasteiger partial charge in [0.05, 0.1) is 29.4 Å². The molecule has 2 aromatic carbocycles. The summed E-state index contributed by atoms with van der Waals surface area (Å²) in [6, 6.07) is 8.93. The van der Waals surface area contributed by atoms with E-state index in [9.17, 15) is 31.1 Å². The first-order valence-corrected chi connectivity index (χ1v) is 11.8. The predicted molar refractivity (Wildman–Crippen MR) is 124 cm³/mol. The number of alkyl halides is 7. The summed E-state index contributed by atoms with van der Waals surface area (Å²) in [6.07, 6.45) is -7.91. The van der Waals surface area contributed by atoms with E-state index in [0.717, 1.165) is 12.1 Å². The Labute approximate surface area is 221 Å². The lowest BCUT2D eigenvalue weighted by molar-refractivity contribution is -0.276. The molecule has 0 aliphatic carbocycles. The number of hydrogen-bond acceptors (Lipinski definition) is 4. The monoisotopic (exact) mass is 574 g/mol. The molecule has 1 aromatic heterocycles. The number of hydrogen-bond donors (Lipinski definition) is 0. The zero-order valence-corrected chi connectivity index (χ0v) is 20.5. The highest BCUT2D eigenvalue weighted by Crippen LogP contribution is 2.50. The van der Waals surface area contributed by atoms with Crippen molar-refractivity contribution in [3.8, 4) is 0 Å². The van der Waals surface area contributed by atoms with E-state index in [4.69, 9.17) is 16.4 Å². The maximum Gasteiger partial charge on any atom is 0.435 e. The van der Waals surface area contributed by atoms with Crippen LogP contribution in [0, 0.1) is 0 Å². The highest BCUT2D eigenvalue weighted by atomic mass is 35.5. The van der Waals surface area contributed by atoms with E-state index in [2.05, 4.69) is 10.3 Å². The minimum absolute atomic E-state index is 0.0408. The van der Waals surface area contributed by atoms with Crippen LogP contribution in [0.3, 0.4) is 0 Å². The van der Waals surface area contributed by atoms with Gasteiger partial charge in [0.1, 0.15) is 6.54 Å². The SMILES string of the molecule is O=C(Cn1cccn1)N1CC(F)(c2ccc(C3=NOC(c4ccc(Cl)c(C(F)(F)F)c4)(C(F)(F)F)C3)cc2)C1. The predicted octanol–water partition coefficient (Wildman–Crippen LogP) is 5.84. The third-order valence-electron chi connectivity index (χ3n) is 6.75. The fourth-order valence-corrected chi connectivity index (χ4v) is 4.79. The molecule has 0 N–H and O–H groups in total. The third-order valence-corrected chi connectivity index (χ3v) is 7.08. The van der Waals surface area contributed by atoms with Crippen molar-refractivity contribution < 1.29 is 40.4 Å². The van der Waals surface area contributed by atoms with Crippen molar-refractivity contribution in [1.82, 2.24) is 14.7 Å². The lowest BCUT2D eigenvalue weighted by Gasteiger charge is -2.44. The van der Waals surface area contributed by atoms with Crippen LogP contribution in [0.4, 0.5) is 30.7 Å². The van der Waals surface area contributed by atoms with E-state index in [1.807, 2.05) is 0 Å². The van der Waals surface area contributed by atoms with E-state index in [1.54, 1.807) is 12.3 Å². The fraction of sp³-hybridized carbons (Fsp3) is 0.320. The number of benzene rings is 2. The quantitative estimate of drug-likeness (QED) is 0.360. The Kier molecular flexibility index (Phi) is 6.40. The second-order valence-electron chi connectivity index (χ2n) is 9.32. The molecule has 5 rings (SSSR count). The van der Waals surface area contributed by atoms with Crippen molar-refractivity contribution in [1.29, 1.82) is 0 Å². The van der Waals surface area contributed by atoms with Gasteiger partial charge in [-0.2, -0.15) is 31.4 Å². The minimum Gasteiger partial charge on any atom is -0.374 e. The van der Waals surface area contributed by atoms with Gasteiger partial charge in [-0.15, -0.1) is 0 Å². The van der Waals surface area contributed by atoms with E-state index < -0.39 is 46.2 Å². The Balaban J connectivity index is 1.32. The van der Waals surface area contributed by atoms with Gasteiger partial charge >= 0.3 is 12.4 Å². The van der Waals surface area contributed by atoms with E-state index in [0.29, 0.717) is 6.07 Å². The standard InChI is InChI=1S/C25H18ClF7N4O2/c26-19-7-6-17(10-18(19)24(28,29)30)23(25(31,32)33)11-20(35-39-23)15-2-4-16(5-3-15)22(27)13-36(14-22)21(38)12-37-9-1-8-34-37/h1-10H,11-14H2. The summed E-state index contributed by atoms with van der Waals surface area (Å²) in [4.78, 5) is 18.4. The molecule has 0 radical (unpaired) electrons. The minimum atomic E-state index is -5.13. The third kappa shape index (κ3) is 4.83. The summed E-state index contributed by atoms with van der Waals surface area (Å²) in [6.45, 7) is -0.446. The smallest absolute Gasteiger partial charge is 0.374 e. The lowest BCUT2D eigenvalue weighted by Crippen LogP contribution is -2.59. The van der Waals surface area contributed by atoms with Gasteiger partial charge in [0, 0.05) is 24.4 Å². The number of likely N-dealkylation sites (tertiary alicyclic amines) is 1. The Hall–Kier alpha value is -3.61. The molecular weight excluding hydrogens is 557 g/mol. The van der Waals surface area contributed by atoms with Crippen molar-refractivity contribution >= 4 is 23.2 Å². The molecule has 2 aliphatic heterocycles. The average molecular weight is 575 g/mol. The Morgan fingerprint density at radius 1 is 1.03 bits per heavy atom. The summed E-state index contributed by atoms with van der Waals surface area (Å²) < 4.78 is 99.4. The topological polar surface area (TPSA) is 59.7 Å². The molecular formula is C25H18ClF7N4O2. The lowest BCUT2D eigenvalue weighted by atomic mass is 9.84. The molecule has 0 saturated carbocycles. The second-order valence-corrected chi connectivity index (χ2v) is 9.73. The number of aromatic nitrogens is 2. The van der Waals surface area contributed by atoms with Crippen LogP contribution in [0.2, 0.25) is 5.02 Å². The van der Waals surface area contributed by atoms with Crippen LogP contribution in [-0.2, 0) is 33.6 Å². The van der Waals surface area contributed by atoms with Gasteiger partial charge in [-0.25, -0.2) is 4.39 Å². The Morgan fingerprint density at radius 3 is 2.28 bits per heavy atom. The van der Waals surface area contributed by atoms with Crippen molar-refractivity contribution in [2.45, 2.75) is 36.6 Å². The molecule has 0 spiro atoms. The number of nitrogens with zero attached hydrogens (tertiary/aromatic N) is 4. The molecule has 0 bridgehead atoms. The average Bonchev–Trinajstić information content (AvgIpc) is 3.52. The summed E-state index contributed by atoms with van der Waals surface area (Å²) in [5.74, 6) is -0.319. The van der Waals surface area contributed by atoms with Crippen molar-refractivity contribution in [2.24, 2.45) is 5.16 Å². The van der Waals surface area contributed by atoms with E-state index in [1.165, 1.54) is 40.0 Å². The number of carbonyl (C=O) groups excluding carboxylic acids is 1. The molecule has 1 amide bonds. The number of halogens is 8. The number of oxime groups is 1. The van der Waals surface area contributed by atoms with Gasteiger partial charge in [0.25, 0.3) is 5.60 Å².